The molecule has 5 rings (SSSR count). The fourth-order valence-electron chi connectivity index (χ4n) is 7.55. The molecule has 274 valence electrons. The van der Waals surface area contributed by atoms with Crippen LogP contribution in [0.3, 0.4) is 0 Å². The molecule has 4 atom stereocenters. The first-order valence-corrected chi connectivity index (χ1v) is 18.8. The first-order valence-electron chi connectivity index (χ1n) is 17.4. The summed E-state index contributed by atoms with van der Waals surface area (Å²) in [5.74, 6) is 0.0351. The number of halogens is 2. The van der Waals surface area contributed by atoms with Crippen LogP contribution in [0.15, 0.2) is 42.5 Å². The Bertz CT molecular complexity index is 1500. The Morgan fingerprint density at radius 2 is 1.78 bits per heavy atom. The van der Waals surface area contributed by atoms with Crippen molar-refractivity contribution in [1.29, 1.82) is 0 Å². The Labute approximate surface area is 304 Å². The van der Waals surface area contributed by atoms with E-state index in [1.165, 1.54) is 13.2 Å². The molecule has 0 radical (unpaired) electrons. The lowest BCUT2D eigenvalue weighted by Crippen LogP contribution is -2.58. The van der Waals surface area contributed by atoms with Crippen LogP contribution in [0.25, 0.3) is 0 Å². The number of methoxy groups -OCH3 is 2. The van der Waals surface area contributed by atoms with Gasteiger partial charge in [0, 0.05) is 59.7 Å². The van der Waals surface area contributed by atoms with E-state index in [-0.39, 0.29) is 24.3 Å². The Hall–Kier alpha value is -3.06. The van der Waals surface area contributed by atoms with Gasteiger partial charge >= 0.3 is 12.2 Å². The van der Waals surface area contributed by atoms with Crippen LogP contribution in [-0.2, 0) is 30.8 Å². The molecule has 50 heavy (non-hydrogen) atoms. The van der Waals surface area contributed by atoms with Crippen molar-refractivity contribution in [2.75, 3.05) is 38.4 Å². The second-order valence-corrected chi connectivity index (χ2v) is 16.0. The van der Waals surface area contributed by atoms with E-state index in [4.69, 9.17) is 25.8 Å². The van der Waals surface area contributed by atoms with E-state index in [1.807, 2.05) is 37.8 Å². The van der Waals surface area contributed by atoms with Gasteiger partial charge in [0.2, 0.25) is 5.91 Å². The van der Waals surface area contributed by atoms with Gasteiger partial charge in [0.15, 0.2) is 0 Å². The summed E-state index contributed by atoms with van der Waals surface area (Å²) in [6, 6.07) is 10.9. The van der Waals surface area contributed by atoms with Gasteiger partial charge in [-0.15, -0.1) is 0 Å². The molecule has 3 aliphatic rings. The van der Waals surface area contributed by atoms with E-state index in [0.717, 1.165) is 24.2 Å². The van der Waals surface area contributed by atoms with Crippen molar-refractivity contribution in [3.63, 3.8) is 0 Å². The summed E-state index contributed by atoms with van der Waals surface area (Å²) in [5.41, 5.74) is 0.141. The van der Waals surface area contributed by atoms with Crippen molar-refractivity contribution in [3.05, 3.63) is 64.4 Å². The summed E-state index contributed by atoms with van der Waals surface area (Å²) < 4.78 is 34.4. The molecular weight excluding hydrogens is 683 g/mol. The predicted octanol–water partition coefficient (Wildman–Crippen LogP) is 7.33. The molecule has 2 aromatic rings. The van der Waals surface area contributed by atoms with E-state index < -0.39 is 34.9 Å². The molecule has 10 nitrogen and oxygen atoms in total. The summed E-state index contributed by atoms with van der Waals surface area (Å²) in [5, 5.41) is 6.37. The molecule has 1 saturated carbocycles. The third-order valence-corrected chi connectivity index (χ3v) is 11.7. The molecule has 2 N–H and O–H groups in total. The quantitative estimate of drug-likeness (QED) is 0.258. The monoisotopic (exact) mass is 732 g/mol. The molecule has 2 aliphatic heterocycles. The average molecular weight is 733 g/mol. The van der Waals surface area contributed by atoms with Gasteiger partial charge in [-0.05, 0) is 102 Å². The van der Waals surface area contributed by atoms with E-state index in [1.54, 1.807) is 43.3 Å². The zero-order valence-corrected chi connectivity index (χ0v) is 31.2. The van der Waals surface area contributed by atoms with Crippen molar-refractivity contribution >= 4 is 47.3 Å². The number of nitrogens with one attached hydrogen (secondary N) is 2. The Morgan fingerprint density at radius 3 is 2.44 bits per heavy atom. The minimum atomic E-state index is -1.05. The van der Waals surface area contributed by atoms with Gasteiger partial charge in [-0.25, -0.2) is 18.3 Å². The van der Waals surface area contributed by atoms with Crippen LogP contribution in [0.1, 0.15) is 76.8 Å². The van der Waals surface area contributed by atoms with Crippen LogP contribution < -0.4 is 10.6 Å². The highest BCUT2D eigenvalue weighted by Crippen LogP contribution is 2.44. The number of carbonyl (C=O) groups is 3. The predicted molar refractivity (Wildman–Crippen MR) is 194 cm³/mol. The summed E-state index contributed by atoms with van der Waals surface area (Å²) in [7, 11) is 2.93. The molecule has 0 spiro atoms. The van der Waals surface area contributed by atoms with E-state index in [0.29, 0.717) is 67.9 Å². The zero-order chi connectivity index (χ0) is 36.1. The van der Waals surface area contributed by atoms with Crippen LogP contribution in [0.4, 0.5) is 19.7 Å². The smallest absolute Gasteiger partial charge is 0.410 e. The third kappa shape index (κ3) is 9.05. The summed E-state index contributed by atoms with van der Waals surface area (Å²) in [6.45, 7) is 6.78. The van der Waals surface area contributed by atoms with Gasteiger partial charge in [-0.3, -0.25) is 4.79 Å². The first kappa shape index (κ1) is 38.2. The van der Waals surface area contributed by atoms with Crippen LogP contribution in [0.5, 0.6) is 0 Å². The van der Waals surface area contributed by atoms with Crippen LogP contribution >= 0.6 is 23.5 Å². The summed E-state index contributed by atoms with van der Waals surface area (Å²) in [6.07, 6.45) is 4.19. The molecule has 13 heteroatoms. The van der Waals surface area contributed by atoms with Gasteiger partial charge < -0.3 is 29.7 Å². The molecule has 2 bridgehead atoms. The van der Waals surface area contributed by atoms with Gasteiger partial charge in [0.25, 0.3) is 0 Å². The zero-order valence-electron chi connectivity index (χ0n) is 29.6. The van der Waals surface area contributed by atoms with Gasteiger partial charge in [-0.1, -0.05) is 41.7 Å². The van der Waals surface area contributed by atoms with Crippen molar-refractivity contribution in [3.8, 4) is 0 Å². The molecule has 3 fully saturated rings. The lowest BCUT2D eigenvalue weighted by atomic mass is 9.64. The molecule has 2 heterocycles. The number of rotatable bonds is 9. The number of amides is 3. The van der Waals surface area contributed by atoms with Crippen molar-refractivity contribution in [2.45, 2.75) is 107 Å². The Morgan fingerprint density at radius 1 is 1.06 bits per heavy atom. The highest BCUT2D eigenvalue weighted by molar-refractivity contribution is 7.97. The number of nitrogens with zero attached hydrogens (tertiary/aromatic N) is 2. The lowest BCUT2D eigenvalue weighted by molar-refractivity contribution is -0.120. The largest absolute Gasteiger partial charge is 0.453 e. The number of hydrogen-bond acceptors (Lipinski definition) is 8. The molecular formula is C37H50ClFN4O6S. The number of hydrogen-bond donors (Lipinski definition) is 2. The normalized spacial score (nSPS) is 25.9. The Balaban J connectivity index is 1.40. The fourth-order valence-corrected chi connectivity index (χ4v) is 8.87. The summed E-state index contributed by atoms with van der Waals surface area (Å²) >= 11 is 8.02. The molecule has 2 aromatic carbocycles. The van der Waals surface area contributed by atoms with Gasteiger partial charge in [-0.2, -0.15) is 0 Å². The van der Waals surface area contributed by atoms with E-state index in [9.17, 15) is 14.4 Å². The van der Waals surface area contributed by atoms with Crippen LogP contribution in [-0.4, -0.2) is 90.2 Å². The standard InChI is InChI=1S/C37H50ClFN4O6S/c1-36(2,3)49-35(46)42-22-27(43-23-26(42)8-7-21-50-43)15-16-29-30(39)9-6-10-31(29)40-33(44)32(41-34(45)48-5)37(19-17-28(47-4)18-20-37)24-11-13-25(38)14-12-24/h6,9-14,26-28,32H,7-8,15-23H2,1-5H3,(H,40,44)(H,41,45)/t26?,27?,28?,32-,37?/m1/s1. The van der Waals surface area contributed by atoms with Crippen LogP contribution in [0.2, 0.25) is 5.02 Å². The number of carbonyl (C=O) groups excluding carboxylic acids is 3. The Kier molecular flexibility index (Phi) is 12.6. The van der Waals surface area contributed by atoms with Gasteiger partial charge in [0.05, 0.1) is 13.2 Å². The van der Waals surface area contributed by atoms with Crippen molar-refractivity contribution in [2.24, 2.45) is 0 Å². The third-order valence-electron chi connectivity index (χ3n) is 10.2. The maximum atomic E-state index is 15.7. The lowest BCUT2D eigenvalue weighted by Gasteiger charge is -2.45. The average Bonchev–Trinajstić information content (AvgIpc) is 3.29. The van der Waals surface area contributed by atoms with Crippen LogP contribution in [0, 0.1) is 5.82 Å². The molecule has 3 amide bonds. The maximum absolute atomic E-state index is 15.7. The highest BCUT2D eigenvalue weighted by atomic mass is 35.5. The topological polar surface area (TPSA) is 109 Å². The molecule has 0 aromatic heterocycles. The van der Waals surface area contributed by atoms with Gasteiger partial charge in [0.1, 0.15) is 17.5 Å². The molecule has 1 aliphatic carbocycles. The minimum Gasteiger partial charge on any atom is -0.453 e. The molecule has 3 unspecified atom stereocenters. The number of piperazine rings is 1. The van der Waals surface area contributed by atoms with E-state index in [2.05, 4.69) is 14.9 Å². The molecule has 2 saturated heterocycles. The number of anilines is 1. The van der Waals surface area contributed by atoms with Crippen molar-refractivity contribution < 1.29 is 33.0 Å². The summed E-state index contributed by atoms with van der Waals surface area (Å²) in [4.78, 5) is 42.3. The number of alkyl carbamates (subject to hydrolysis) is 1. The maximum Gasteiger partial charge on any atom is 0.410 e. The SMILES string of the molecule is COC(=O)N[C@H](C(=O)Nc1cccc(F)c1CCC1CN(C(=O)OC(C)(C)C)C2CCCSN1C2)C1(c2ccc(Cl)cc2)CCC(OC)CC1. The number of fused-ring (bicyclic) bond motifs is 2. The minimum absolute atomic E-state index is 0.0239. The first-order chi connectivity index (χ1) is 23.8. The second-order valence-electron chi connectivity index (χ2n) is 14.5. The number of benzene rings is 2. The number of ether oxygens (including phenoxy) is 3. The fraction of sp³-hybridized carbons (Fsp3) is 0.595. The highest BCUT2D eigenvalue weighted by Gasteiger charge is 2.48. The van der Waals surface area contributed by atoms with E-state index >= 15 is 4.39 Å². The van der Waals surface area contributed by atoms with Crippen molar-refractivity contribution in [1.82, 2.24) is 14.5 Å². The second kappa shape index (κ2) is 16.5.